The number of amides is 1. The van der Waals surface area contributed by atoms with E-state index in [-0.39, 0.29) is 11.3 Å². The predicted octanol–water partition coefficient (Wildman–Crippen LogP) is 3.92. The Balaban J connectivity index is 1.64. The minimum absolute atomic E-state index is 0.219. The Bertz CT molecular complexity index is 803. The summed E-state index contributed by atoms with van der Waals surface area (Å²) in [5.41, 5.74) is 3.21. The van der Waals surface area contributed by atoms with E-state index in [0.29, 0.717) is 6.54 Å². The quantitative estimate of drug-likeness (QED) is 0.795. The molecule has 1 saturated heterocycles. The van der Waals surface area contributed by atoms with Gasteiger partial charge in [-0.1, -0.05) is 30.3 Å². The third-order valence-corrected chi connectivity index (χ3v) is 6.21. The van der Waals surface area contributed by atoms with Crippen LogP contribution in [0.4, 0.5) is 0 Å². The fraction of sp³-hybridized carbons (Fsp3) is 0.500. The number of carbonyl (C=O) groups is 1. The zero-order chi connectivity index (χ0) is 19.4. The monoisotopic (exact) mass is 377 g/mol. The summed E-state index contributed by atoms with van der Waals surface area (Å²) >= 11 is 0. The smallest absolute Gasteiger partial charge is 0.227 e. The van der Waals surface area contributed by atoms with E-state index in [4.69, 9.17) is 0 Å². The summed E-state index contributed by atoms with van der Waals surface area (Å²) in [6, 6.07) is 12.6. The van der Waals surface area contributed by atoms with Crippen LogP contribution in [-0.4, -0.2) is 42.0 Å². The maximum atomic E-state index is 13.3. The molecule has 148 valence electrons. The van der Waals surface area contributed by atoms with Crippen LogP contribution in [0.25, 0.3) is 11.1 Å². The van der Waals surface area contributed by atoms with Gasteiger partial charge in [-0.2, -0.15) is 0 Å². The van der Waals surface area contributed by atoms with E-state index >= 15 is 0 Å². The van der Waals surface area contributed by atoms with Gasteiger partial charge in [-0.25, -0.2) is 0 Å². The molecule has 0 bridgehead atoms. The standard InChI is InChI=1S/C24H31N3O/c1-2-26-23(28)24(12-6-14-27(18-24)17-19-10-11-19)15-20-7-3-4-9-22(20)21-8-5-13-25-16-21/h3-5,7-9,13,16,19H,2,6,10-12,14-15,17-18H2,1H3,(H,26,28). The van der Waals surface area contributed by atoms with Crippen LogP contribution in [0, 0.1) is 11.3 Å². The maximum Gasteiger partial charge on any atom is 0.227 e. The van der Waals surface area contributed by atoms with Gasteiger partial charge in [-0.3, -0.25) is 9.78 Å². The van der Waals surface area contributed by atoms with E-state index in [0.717, 1.165) is 50.4 Å². The molecule has 1 unspecified atom stereocenters. The molecule has 1 amide bonds. The van der Waals surface area contributed by atoms with Gasteiger partial charge in [-0.15, -0.1) is 0 Å². The molecule has 1 N–H and O–H groups in total. The Morgan fingerprint density at radius 3 is 2.86 bits per heavy atom. The molecule has 2 aromatic rings. The van der Waals surface area contributed by atoms with Crippen molar-refractivity contribution in [3.05, 3.63) is 54.4 Å². The summed E-state index contributed by atoms with van der Waals surface area (Å²) in [6.45, 7) is 5.86. The first-order chi connectivity index (χ1) is 13.7. The first-order valence-electron chi connectivity index (χ1n) is 10.7. The molecule has 1 atom stereocenters. The fourth-order valence-corrected chi connectivity index (χ4v) is 4.65. The lowest BCUT2D eigenvalue weighted by Gasteiger charge is -2.42. The molecule has 0 radical (unpaired) electrons. The van der Waals surface area contributed by atoms with Gasteiger partial charge in [0, 0.05) is 37.6 Å². The highest BCUT2D eigenvalue weighted by molar-refractivity contribution is 5.84. The number of nitrogens with zero attached hydrogens (tertiary/aromatic N) is 2. The van der Waals surface area contributed by atoms with Crippen LogP contribution in [0.1, 0.15) is 38.2 Å². The van der Waals surface area contributed by atoms with Crippen molar-refractivity contribution < 1.29 is 4.79 Å². The highest BCUT2D eigenvalue weighted by Gasteiger charge is 2.43. The number of aromatic nitrogens is 1. The molecule has 4 rings (SSSR count). The second-order valence-electron chi connectivity index (χ2n) is 8.50. The third-order valence-electron chi connectivity index (χ3n) is 6.21. The fourth-order valence-electron chi connectivity index (χ4n) is 4.65. The molecular weight excluding hydrogens is 346 g/mol. The molecule has 1 aliphatic carbocycles. The lowest BCUT2D eigenvalue weighted by molar-refractivity contribution is -0.134. The molecule has 1 aromatic heterocycles. The summed E-state index contributed by atoms with van der Waals surface area (Å²) < 4.78 is 0. The minimum atomic E-state index is -0.346. The van der Waals surface area contributed by atoms with E-state index in [1.165, 1.54) is 24.0 Å². The normalized spacial score (nSPS) is 22.8. The van der Waals surface area contributed by atoms with Crippen molar-refractivity contribution in [3.8, 4) is 11.1 Å². The van der Waals surface area contributed by atoms with Crippen molar-refractivity contribution in [2.75, 3.05) is 26.2 Å². The van der Waals surface area contributed by atoms with Crippen LogP contribution in [-0.2, 0) is 11.2 Å². The highest BCUT2D eigenvalue weighted by Crippen LogP contribution is 2.39. The molecule has 2 aliphatic rings. The van der Waals surface area contributed by atoms with Crippen molar-refractivity contribution in [1.82, 2.24) is 15.2 Å². The topological polar surface area (TPSA) is 45.2 Å². The molecule has 28 heavy (non-hydrogen) atoms. The van der Waals surface area contributed by atoms with Crippen molar-refractivity contribution >= 4 is 5.91 Å². The molecule has 4 heteroatoms. The van der Waals surface area contributed by atoms with Crippen molar-refractivity contribution in [3.63, 3.8) is 0 Å². The second-order valence-corrected chi connectivity index (χ2v) is 8.50. The lowest BCUT2D eigenvalue weighted by atomic mass is 9.73. The number of piperidine rings is 1. The molecule has 1 aliphatic heterocycles. The Morgan fingerprint density at radius 1 is 1.25 bits per heavy atom. The molecule has 2 fully saturated rings. The summed E-state index contributed by atoms with van der Waals surface area (Å²) in [5.74, 6) is 1.07. The Labute approximate surface area is 168 Å². The predicted molar refractivity (Wildman–Crippen MR) is 113 cm³/mol. The van der Waals surface area contributed by atoms with E-state index in [9.17, 15) is 4.79 Å². The summed E-state index contributed by atoms with van der Waals surface area (Å²) in [4.78, 5) is 20.1. The number of pyridine rings is 1. The number of hydrogen-bond donors (Lipinski definition) is 1. The number of likely N-dealkylation sites (tertiary alicyclic amines) is 1. The highest BCUT2D eigenvalue weighted by atomic mass is 16.2. The van der Waals surface area contributed by atoms with Gasteiger partial charge in [0.1, 0.15) is 0 Å². The maximum absolute atomic E-state index is 13.3. The lowest BCUT2D eigenvalue weighted by Crippen LogP contribution is -2.53. The van der Waals surface area contributed by atoms with Crippen molar-refractivity contribution in [1.29, 1.82) is 0 Å². The third kappa shape index (κ3) is 4.27. The minimum Gasteiger partial charge on any atom is -0.356 e. The van der Waals surface area contributed by atoms with Crippen LogP contribution in [0.3, 0.4) is 0 Å². The van der Waals surface area contributed by atoms with Crippen LogP contribution in [0.15, 0.2) is 48.8 Å². The zero-order valence-corrected chi connectivity index (χ0v) is 16.9. The van der Waals surface area contributed by atoms with Crippen LogP contribution in [0.5, 0.6) is 0 Å². The SMILES string of the molecule is CCNC(=O)C1(Cc2ccccc2-c2cccnc2)CCCN(CC2CC2)C1. The summed E-state index contributed by atoms with van der Waals surface area (Å²) in [6.07, 6.45) is 9.27. The number of benzene rings is 1. The summed E-state index contributed by atoms with van der Waals surface area (Å²) in [5, 5.41) is 3.15. The van der Waals surface area contributed by atoms with Crippen LogP contribution in [0.2, 0.25) is 0 Å². The molecule has 1 saturated carbocycles. The number of rotatable bonds is 7. The van der Waals surface area contributed by atoms with Gasteiger partial charge >= 0.3 is 0 Å². The molecule has 1 aromatic carbocycles. The van der Waals surface area contributed by atoms with Crippen LogP contribution >= 0.6 is 0 Å². The first-order valence-corrected chi connectivity index (χ1v) is 10.7. The number of hydrogen-bond acceptors (Lipinski definition) is 3. The van der Waals surface area contributed by atoms with Crippen LogP contribution < -0.4 is 5.32 Å². The zero-order valence-electron chi connectivity index (χ0n) is 16.9. The van der Waals surface area contributed by atoms with E-state index < -0.39 is 0 Å². The second kappa shape index (κ2) is 8.44. The molecular formula is C24H31N3O. The van der Waals surface area contributed by atoms with Gasteiger partial charge in [-0.05, 0) is 68.7 Å². The first kappa shape index (κ1) is 19.1. The molecule has 4 nitrogen and oxygen atoms in total. The average molecular weight is 378 g/mol. The van der Waals surface area contributed by atoms with E-state index in [1.807, 2.05) is 19.2 Å². The van der Waals surface area contributed by atoms with Crippen molar-refractivity contribution in [2.45, 2.75) is 39.0 Å². The van der Waals surface area contributed by atoms with E-state index in [2.05, 4.69) is 45.5 Å². The van der Waals surface area contributed by atoms with Gasteiger partial charge < -0.3 is 10.2 Å². The van der Waals surface area contributed by atoms with E-state index in [1.54, 1.807) is 6.20 Å². The average Bonchev–Trinajstić information content (AvgIpc) is 3.53. The van der Waals surface area contributed by atoms with Crippen molar-refractivity contribution in [2.24, 2.45) is 11.3 Å². The Kier molecular flexibility index (Phi) is 5.77. The molecule has 0 spiro atoms. The largest absolute Gasteiger partial charge is 0.356 e. The van der Waals surface area contributed by atoms with Gasteiger partial charge in [0.05, 0.1) is 5.41 Å². The molecule has 2 heterocycles. The van der Waals surface area contributed by atoms with Gasteiger partial charge in [0.25, 0.3) is 0 Å². The summed E-state index contributed by atoms with van der Waals surface area (Å²) in [7, 11) is 0. The van der Waals surface area contributed by atoms with Gasteiger partial charge in [0.15, 0.2) is 0 Å². The Morgan fingerprint density at radius 2 is 2.11 bits per heavy atom. The number of nitrogens with one attached hydrogen (secondary N) is 1. The van der Waals surface area contributed by atoms with Gasteiger partial charge in [0.2, 0.25) is 5.91 Å². The Hall–Kier alpha value is -2.20. The number of carbonyl (C=O) groups excluding carboxylic acids is 1.